The van der Waals surface area contributed by atoms with Crippen molar-refractivity contribution in [3.63, 3.8) is 0 Å². The van der Waals surface area contributed by atoms with Crippen LogP contribution in [-0.2, 0) is 6.42 Å². The number of aromatic nitrogens is 4. The Labute approximate surface area is 176 Å². The fourth-order valence-corrected chi connectivity index (χ4v) is 3.88. The number of ether oxygens (including phenoxy) is 1. The van der Waals surface area contributed by atoms with Gasteiger partial charge < -0.3 is 19.8 Å². The Bertz CT molecular complexity index is 1040. The molecule has 4 rings (SSSR count). The molecule has 8 nitrogen and oxygen atoms in total. The van der Waals surface area contributed by atoms with Gasteiger partial charge in [0.2, 0.25) is 0 Å². The van der Waals surface area contributed by atoms with E-state index in [4.69, 9.17) is 11.3 Å². The second kappa shape index (κ2) is 8.93. The Balaban J connectivity index is 1.47. The number of nitrogens with zero attached hydrogens (tertiary/aromatic N) is 5. The molecule has 0 unspecified atom stereocenters. The summed E-state index contributed by atoms with van der Waals surface area (Å²) in [7, 11) is 1.70. The van der Waals surface area contributed by atoms with Gasteiger partial charge in [-0.1, -0.05) is 19.6 Å². The molecule has 1 aromatic carbocycles. The molecule has 8 heteroatoms. The summed E-state index contributed by atoms with van der Waals surface area (Å²) in [5.41, 5.74) is 3.11. The van der Waals surface area contributed by atoms with E-state index < -0.39 is 0 Å². The van der Waals surface area contributed by atoms with E-state index in [1.54, 1.807) is 7.11 Å². The van der Waals surface area contributed by atoms with Gasteiger partial charge in [0.05, 0.1) is 19.0 Å². The van der Waals surface area contributed by atoms with Gasteiger partial charge in [0.15, 0.2) is 17.8 Å². The molecule has 0 aliphatic carbocycles. The van der Waals surface area contributed by atoms with Crippen molar-refractivity contribution in [1.29, 1.82) is 0 Å². The van der Waals surface area contributed by atoms with Crippen molar-refractivity contribution in [2.24, 2.45) is 5.92 Å². The van der Waals surface area contributed by atoms with Gasteiger partial charge in [-0.3, -0.25) is 5.10 Å². The van der Waals surface area contributed by atoms with Gasteiger partial charge >= 0.3 is 0 Å². The minimum absolute atomic E-state index is 0.257. The van der Waals surface area contributed by atoms with Crippen molar-refractivity contribution in [1.82, 2.24) is 25.1 Å². The average molecular weight is 403 g/mol. The van der Waals surface area contributed by atoms with Gasteiger partial charge in [0.1, 0.15) is 5.75 Å². The summed E-state index contributed by atoms with van der Waals surface area (Å²) in [6.45, 7) is 12.7. The topological polar surface area (TPSA) is 83.3 Å². The highest BCUT2D eigenvalue weighted by Crippen LogP contribution is 2.32. The monoisotopic (exact) mass is 403 g/mol. The zero-order valence-corrected chi connectivity index (χ0v) is 17.2. The first-order valence-electron chi connectivity index (χ1n) is 10.1. The van der Waals surface area contributed by atoms with E-state index in [1.165, 1.54) is 37.5 Å². The minimum Gasteiger partial charge on any atom is -0.496 e. The predicted octanol–water partition coefficient (Wildman–Crippen LogP) is 4.05. The van der Waals surface area contributed by atoms with Gasteiger partial charge in [-0.2, -0.15) is 5.10 Å². The second-order valence-electron chi connectivity index (χ2n) is 7.45. The van der Waals surface area contributed by atoms with Crippen molar-refractivity contribution in [3.8, 4) is 17.0 Å². The van der Waals surface area contributed by atoms with E-state index in [0.29, 0.717) is 17.6 Å². The molecule has 154 valence electrons. The van der Waals surface area contributed by atoms with Crippen LogP contribution < -0.4 is 10.1 Å². The molecule has 0 spiro atoms. The first-order valence-corrected chi connectivity index (χ1v) is 10.1. The lowest BCUT2D eigenvalue weighted by Gasteiger charge is -2.14. The molecule has 2 aromatic heterocycles. The maximum Gasteiger partial charge on any atom is 0.288 e. The lowest BCUT2D eigenvalue weighted by molar-refractivity contribution is 0.341. The molecule has 0 bridgehead atoms. The average Bonchev–Trinajstić information content (AvgIpc) is 3.43. The maximum absolute atomic E-state index is 6.94. The largest absolute Gasteiger partial charge is 0.496 e. The molecule has 1 atom stereocenters. The molecule has 1 aliphatic rings. The highest BCUT2D eigenvalue weighted by molar-refractivity contribution is 5.71. The standard InChI is InChI=1S/C22H25N7O/c1-4-29-8-7-16(14-29)9-15-5-6-17(19(10-15)30-3)18-11-20(28-27-18)26-22-13-24-21(23-2)12-25-22/h5-6,10-13,16H,4,7-9,14H2,1,3H3,(H2,25,26,27,28)/t16-/m0/s1. The first kappa shape index (κ1) is 19.9. The summed E-state index contributed by atoms with van der Waals surface area (Å²) in [6, 6.07) is 8.29. The van der Waals surface area contributed by atoms with Crippen LogP contribution in [0.5, 0.6) is 5.75 Å². The summed E-state index contributed by atoms with van der Waals surface area (Å²) in [5.74, 6) is 2.94. The van der Waals surface area contributed by atoms with Crippen LogP contribution >= 0.6 is 0 Å². The number of anilines is 2. The summed E-state index contributed by atoms with van der Waals surface area (Å²) >= 11 is 0. The lowest BCUT2D eigenvalue weighted by atomic mass is 9.97. The smallest absolute Gasteiger partial charge is 0.288 e. The predicted molar refractivity (Wildman–Crippen MR) is 116 cm³/mol. The third kappa shape index (κ3) is 4.42. The number of hydrogen-bond donors (Lipinski definition) is 2. The van der Waals surface area contributed by atoms with Crippen LogP contribution in [-0.4, -0.2) is 51.8 Å². The Morgan fingerprint density at radius 2 is 2.17 bits per heavy atom. The van der Waals surface area contributed by atoms with Crippen LogP contribution in [0.25, 0.3) is 16.1 Å². The summed E-state index contributed by atoms with van der Waals surface area (Å²) < 4.78 is 5.67. The fourth-order valence-electron chi connectivity index (χ4n) is 3.88. The van der Waals surface area contributed by atoms with E-state index in [2.05, 4.69) is 60.3 Å². The number of rotatable bonds is 7. The SMILES string of the molecule is [C-]#[N+]c1cnc(Nc2cc(-c3ccc(C[C@@H]4CCN(CC)C4)cc3OC)[nH]n2)cn1. The van der Waals surface area contributed by atoms with Gasteiger partial charge in [-0.15, -0.1) is 4.98 Å². The van der Waals surface area contributed by atoms with Crippen molar-refractivity contribution in [3.05, 3.63) is 53.6 Å². The van der Waals surface area contributed by atoms with Crippen LogP contribution in [0.3, 0.4) is 0 Å². The molecule has 3 aromatic rings. The highest BCUT2D eigenvalue weighted by atomic mass is 16.5. The summed E-state index contributed by atoms with van der Waals surface area (Å²) in [6.07, 6.45) is 5.27. The molecule has 2 N–H and O–H groups in total. The van der Waals surface area contributed by atoms with Crippen molar-refractivity contribution in [2.45, 2.75) is 19.8 Å². The number of aromatic amines is 1. The van der Waals surface area contributed by atoms with Crippen LogP contribution in [0.2, 0.25) is 0 Å². The first-order chi connectivity index (χ1) is 14.7. The zero-order chi connectivity index (χ0) is 20.9. The fraction of sp³-hybridized carbons (Fsp3) is 0.364. The number of nitrogens with one attached hydrogen (secondary N) is 2. The molecule has 3 heterocycles. The maximum atomic E-state index is 6.94. The molecule has 1 aliphatic heterocycles. The van der Waals surface area contributed by atoms with Crippen LogP contribution in [0.15, 0.2) is 36.7 Å². The third-order valence-electron chi connectivity index (χ3n) is 5.48. The number of methoxy groups -OCH3 is 1. The summed E-state index contributed by atoms with van der Waals surface area (Å²) in [4.78, 5) is 13.9. The van der Waals surface area contributed by atoms with E-state index >= 15 is 0 Å². The molecular weight excluding hydrogens is 378 g/mol. The van der Waals surface area contributed by atoms with Gasteiger partial charge in [-0.05, 0) is 49.5 Å². The Morgan fingerprint density at radius 3 is 2.87 bits per heavy atom. The molecule has 1 saturated heterocycles. The highest BCUT2D eigenvalue weighted by Gasteiger charge is 2.22. The van der Waals surface area contributed by atoms with E-state index in [1.807, 2.05) is 6.07 Å². The van der Waals surface area contributed by atoms with E-state index in [9.17, 15) is 0 Å². The number of H-pyrrole nitrogens is 1. The number of benzene rings is 1. The normalized spacial score (nSPS) is 16.4. The van der Waals surface area contributed by atoms with Crippen molar-refractivity contribution >= 4 is 17.5 Å². The van der Waals surface area contributed by atoms with Crippen LogP contribution in [0.1, 0.15) is 18.9 Å². The van der Waals surface area contributed by atoms with Crippen molar-refractivity contribution in [2.75, 3.05) is 32.1 Å². The lowest BCUT2D eigenvalue weighted by Crippen LogP contribution is -2.20. The Hall–Kier alpha value is -3.44. The quantitative estimate of drug-likeness (QED) is 0.579. The molecule has 0 saturated carbocycles. The second-order valence-corrected chi connectivity index (χ2v) is 7.45. The molecule has 1 fully saturated rings. The zero-order valence-electron chi connectivity index (χ0n) is 17.2. The van der Waals surface area contributed by atoms with Gasteiger partial charge in [-0.25, -0.2) is 4.98 Å². The van der Waals surface area contributed by atoms with E-state index in [-0.39, 0.29) is 5.82 Å². The molecular formula is C22H25N7O. The Kier molecular flexibility index (Phi) is 5.91. The molecule has 0 amide bonds. The van der Waals surface area contributed by atoms with Gasteiger partial charge in [0, 0.05) is 18.2 Å². The third-order valence-corrected chi connectivity index (χ3v) is 5.48. The molecule has 30 heavy (non-hydrogen) atoms. The van der Waals surface area contributed by atoms with Gasteiger partial charge in [0.25, 0.3) is 5.82 Å². The Morgan fingerprint density at radius 1 is 1.27 bits per heavy atom. The van der Waals surface area contributed by atoms with Crippen LogP contribution in [0.4, 0.5) is 17.5 Å². The van der Waals surface area contributed by atoms with Crippen molar-refractivity contribution < 1.29 is 4.74 Å². The minimum atomic E-state index is 0.257. The van der Waals surface area contributed by atoms with Crippen LogP contribution in [0, 0.1) is 12.5 Å². The summed E-state index contributed by atoms with van der Waals surface area (Å²) in [5, 5.41) is 10.4. The molecule has 0 radical (unpaired) electrons. The van der Waals surface area contributed by atoms with E-state index in [0.717, 1.165) is 30.0 Å². The number of likely N-dealkylation sites (tertiary alicyclic amines) is 1. The number of hydrogen-bond acceptors (Lipinski definition) is 6.